The SMILES string of the molecule is CC(C)N1CCCNC(=O)C1CCC(=O)O. The van der Waals surface area contributed by atoms with Crippen molar-refractivity contribution in [1.82, 2.24) is 10.2 Å². The van der Waals surface area contributed by atoms with E-state index in [1.165, 1.54) is 0 Å². The van der Waals surface area contributed by atoms with Crippen molar-refractivity contribution in [1.29, 1.82) is 0 Å². The Balaban J connectivity index is 2.68. The van der Waals surface area contributed by atoms with E-state index in [4.69, 9.17) is 5.11 Å². The molecule has 5 heteroatoms. The molecule has 1 unspecified atom stereocenters. The van der Waals surface area contributed by atoms with E-state index in [1.807, 2.05) is 13.8 Å². The van der Waals surface area contributed by atoms with Gasteiger partial charge in [-0.1, -0.05) is 0 Å². The van der Waals surface area contributed by atoms with E-state index in [0.717, 1.165) is 13.0 Å². The van der Waals surface area contributed by atoms with E-state index in [2.05, 4.69) is 10.2 Å². The fraction of sp³-hybridized carbons (Fsp3) is 0.818. The zero-order valence-electron chi connectivity index (χ0n) is 9.90. The summed E-state index contributed by atoms with van der Waals surface area (Å²) in [4.78, 5) is 24.4. The highest BCUT2D eigenvalue weighted by Gasteiger charge is 2.29. The molecule has 1 rings (SSSR count). The Morgan fingerprint density at radius 3 is 2.88 bits per heavy atom. The van der Waals surface area contributed by atoms with Crippen LogP contribution in [0.2, 0.25) is 0 Å². The molecule has 0 bridgehead atoms. The number of carbonyl (C=O) groups is 2. The number of carboxylic acid groups (broad SMARTS) is 1. The van der Waals surface area contributed by atoms with E-state index in [0.29, 0.717) is 13.0 Å². The predicted octanol–water partition coefficient (Wildman–Crippen LogP) is 0.450. The van der Waals surface area contributed by atoms with E-state index in [1.54, 1.807) is 0 Å². The number of aliphatic carboxylic acids is 1. The molecule has 0 saturated carbocycles. The summed E-state index contributed by atoms with van der Waals surface area (Å²) in [6.07, 6.45) is 1.36. The topological polar surface area (TPSA) is 69.6 Å². The largest absolute Gasteiger partial charge is 0.481 e. The maximum absolute atomic E-state index is 11.8. The van der Waals surface area contributed by atoms with Gasteiger partial charge in [-0.15, -0.1) is 0 Å². The van der Waals surface area contributed by atoms with E-state index in [9.17, 15) is 9.59 Å². The lowest BCUT2D eigenvalue weighted by Crippen LogP contribution is -2.47. The van der Waals surface area contributed by atoms with Gasteiger partial charge in [-0.2, -0.15) is 0 Å². The fourth-order valence-corrected chi connectivity index (χ4v) is 2.07. The Kier molecular flexibility index (Phi) is 4.73. The summed E-state index contributed by atoms with van der Waals surface area (Å²) < 4.78 is 0. The highest BCUT2D eigenvalue weighted by atomic mass is 16.4. The standard InChI is InChI=1S/C11H20N2O3/c1-8(2)13-7-3-6-12-11(16)9(13)4-5-10(14)15/h8-9H,3-7H2,1-2H3,(H,12,16)(H,14,15). The third-order valence-electron chi connectivity index (χ3n) is 2.89. The van der Waals surface area contributed by atoms with E-state index < -0.39 is 5.97 Å². The van der Waals surface area contributed by atoms with Crippen molar-refractivity contribution in [3.8, 4) is 0 Å². The lowest BCUT2D eigenvalue weighted by atomic mass is 10.1. The first-order valence-corrected chi connectivity index (χ1v) is 5.77. The first kappa shape index (κ1) is 13.0. The summed E-state index contributed by atoms with van der Waals surface area (Å²) >= 11 is 0. The second-order valence-corrected chi connectivity index (χ2v) is 4.42. The van der Waals surface area contributed by atoms with Gasteiger partial charge in [0.25, 0.3) is 0 Å². The maximum Gasteiger partial charge on any atom is 0.303 e. The van der Waals surface area contributed by atoms with Crippen LogP contribution in [0.4, 0.5) is 0 Å². The number of amides is 1. The molecule has 0 aromatic carbocycles. The van der Waals surface area contributed by atoms with Gasteiger partial charge in [0.1, 0.15) is 0 Å². The highest BCUT2D eigenvalue weighted by Crippen LogP contribution is 2.14. The van der Waals surface area contributed by atoms with Crippen molar-refractivity contribution >= 4 is 11.9 Å². The Morgan fingerprint density at radius 2 is 2.31 bits per heavy atom. The van der Waals surface area contributed by atoms with Crippen molar-refractivity contribution in [2.24, 2.45) is 0 Å². The van der Waals surface area contributed by atoms with Gasteiger partial charge in [0, 0.05) is 25.6 Å². The minimum absolute atomic E-state index is 0.0348. The van der Waals surface area contributed by atoms with Crippen LogP contribution in [0.25, 0.3) is 0 Å². The van der Waals surface area contributed by atoms with Crippen LogP contribution < -0.4 is 5.32 Å². The lowest BCUT2D eigenvalue weighted by Gasteiger charge is -2.31. The summed E-state index contributed by atoms with van der Waals surface area (Å²) in [5.74, 6) is -0.881. The third kappa shape index (κ3) is 3.48. The van der Waals surface area contributed by atoms with Crippen LogP contribution in [-0.4, -0.2) is 47.1 Å². The molecule has 5 nitrogen and oxygen atoms in total. The van der Waals surface area contributed by atoms with Crippen LogP contribution in [-0.2, 0) is 9.59 Å². The number of hydrogen-bond acceptors (Lipinski definition) is 3. The number of carboxylic acids is 1. The number of nitrogens with one attached hydrogen (secondary N) is 1. The molecule has 92 valence electrons. The Labute approximate surface area is 95.8 Å². The van der Waals surface area contributed by atoms with Gasteiger partial charge >= 0.3 is 5.97 Å². The molecule has 1 amide bonds. The minimum atomic E-state index is -0.847. The van der Waals surface area contributed by atoms with Gasteiger partial charge < -0.3 is 10.4 Å². The first-order valence-electron chi connectivity index (χ1n) is 5.77. The van der Waals surface area contributed by atoms with Gasteiger partial charge in [-0.25, -0.2) is 0 Å². The second-order valence-electron chi connectivity index (χ2n) is 4.42. The zero-order chi connectivity index (χ0) is 12.1. The lowest BCUT2D eigenvalue weighted by molar-refractivity contribution is -0.137. The van der Waals surface area contributed by atoms with Crippen molar-refractivity contribution < 1.29 is 14.7 Å². The Bertz CT molecular complexity index is 266. The van der Waals surface area contributed by atoms with Crippen LogP contribution in [0.15, 0.2) is 0 Å². The van der Waals surface area contributed by atoms with Gasteiger partial charge in [0.15, 0.2) is 0 Å². The fourth-order valence-electron chi connectivity index (χ4n) is 2.07. The maximum atomic E-state index is 11.8. The Morgan fingerprint density at radius 1 is 1.62 bits per heavy atom. The van der Waals surface area contributed by atoms with E-state index in [-0.39, 0.29) is 24.4 Å². The molecule has 16 heavy (non-hydrogen) atoms. The summed E-state index contributed by atoms with van der Waals surface area (Å²) in [7, 11) is 0. The first-order chi connectivity index (χ1) is 7.52. The number of carbonyl (C=O) groups excluding carboxylic acids is 1. The van der Waals surface area contributed by atoms with Crippen molar-refractivity contribution in [3.05, 3.63) is 0 Å². The van der Waals surface area contributed by atoms with Crippen LogP contribution in [0.1, 0.15) is 33.1 Å². The molecule has 0 radical (unpaired) electrons. The van der Waals surface area contributed by atoms with Crippen LogP contribution in [0.3, 0.4) is 0 Å². The monoisotopic (exact) mass is 228 g/mol. The summed E-state index contributed by atoms with van der Waals surface area (Å²) in [5, 5.41) is 11.5. The summed E-state index contributed by atoms with van der Waals surface area (Å²) in [6.45, 7) is 5.60. The normalized spacial score (nSPS) is 22.9. The molecule has 0 aromatic heterocycles. The van der Waals surface area contributed by atoms with Crippen molar-refractivity contribution in [3.63, 3.8) is 0 Å². The van der Waals surface area contributed by atoms with Crippen molar-refractivity contribution in [2.75, 3.05) is 13.1 Å². The van der Waals surface area contributed by atoms with E-state index >= 15 is 0 Å². The predicted molar refractivity (Wildman–Crippen MR) is 60.1 cm³/mol. The van der Waals surface area contributed by atoms with Crippen molar-refractivity contribution in [2.45, 2.75) is 45.2 Å². The molecule has 0 aliphatic carbocycles. The number of hydrogen-bond donors (Lipinski definition) is 2. The molecule has 1 heterocycles. The summed E-state index contributed by atoms with van der Waals surface area (Å²) in [6, 6.07) is -0.0266. The molecule has 1 aliphatic heterocycles. The molecule has 0 spiro atoms. The quantitative estimate of drug-likeness (QED) is 0.733. The zero-order valence-corrected chi connectivity index (χ0v) is 9.90. The molecular formula is C11H20N2O3. The minimum Gasteiger partial charge on any atom is -0.481 e. The molecule has 1 fully saturated rings. The molecule has 1 atom stereocenters. The van der Waals surface area contributed by atoms with Crippen LogP contribution in [0, 0.1) is 0 Å². The van der Waals surface area contributed by atoms with Gasteiger partial charge in [-0.05, 0) is 26.7 Å². The van der Waals surface area contributed by atoms with Gasteiger partial charge in [0.05, 0.1) is 6.04 Å². The smallest absolute Gasteiger partial charge is 0.303 e. The average Bonchev–Trinajstić information content (AvgIpc) is 2.37. The molecule has 0 aromatic rings. The molecule has 2 N–H and O–H groups in total. The number of rotatable bonds is 4. The third-order valence-corrected chi connectivity index (χ3v) is 2.89. The average molecular weight is 228 g/mol. The van der Waals surface area contributed by atoms with Gasteiger partial charge in [-0.3, -0.25) is 14.5 Å². The molecular weight excluding hydrogens is 208 g/mol. The molecule has 1 aliphatic rings. The second kappa shape index (κ2) is 5.84. The molecule has 1 saturated heterocycles. The van der Waals surface area contributed by atoms with Crippen LogP contribution >= 0.6 is 0 Å². The highest BCUT2D eigenvalue weighted by molar-refractivity contribution is 5.82. The Hall–Kier alpha value is -1.10. The van der Waals surface area contributed by atoms with Gasteiger partial charge in [0.2, 0.25) is 5.91 Å². The number of nitrogens with zero attached hydrogens (tertiary/aromatic N) is 1. The summed E-state index contributed by atoms with van der Waals surface area (Å²) in [5.41, 5.74) is 0. The van der Waals surface area contributed by atoms with Crippen LogP contribution in [0.5, 0.6) is 0 Å².